The SMILES string of the molecule is Cc1ccc(Cl)c(NC(=S)N(CCCN2CCOCC2)Cc2ccc(C(C)C)cc2)c1. The van der Waals surface area contributed by atoms with E-state index in [9.17, 15) is 0 Å². The molecule has 1 saturated heterocycles. The molecular formula is C25H34ClN3OS. The summed E-state index contributed by atoms with van der Waals surface area (Å²) in [6.45, 7) is 12.9. The summed E-state index contributed by atoms with van der Waals surface area (Å²) in [5, 5.41) is 4.77. The Hall–Kier alpha value is -1.66. The number of nitrogens with one attached hydrogen (secondary N) is 1. The quantitative estimate of drug-likeness (QED) is 0.511. The van der Waals surface area contributed by atoms with E-state index >= 15 is 0 Å². The van der Waals surface area contributed by atoms with Gasteiger partial charge in [-0.2, -0.15) is 0 Å². The second-order valence-electron chi connectivity index (χ2n) is 8.54. The van der Waals surface area contributed by atoms with E-state index in [2.05, 4.69) is 60.2 Å². The highest BCUT2D eigenvalue weighted by Gasteiger charge is 2.15. The van der Waals surface area contributed by atoms with Crippen LogP contribution in [0.2, 0.25) is 5.02 Å². The van der Waals surface area contributed by atoms with Crippen LogP contribution in [0.1, 0.15) is 42.9 Å². The number of halogens is 1. The molecule has 0 atom stereocenters. The molecule has 1 aliphatic rings. The summed E-state index contributed by atoms with van der Waals surface area (Å²) in [6.07, 6.45) is 1.05. The van der Waals surface area contributed by atoms with Gasteiger partial charge < -0.3 is 15.0 Å². The van der Waals surface area contributed by atoms with Crippen LogP contribution < -0.4 is 5.32 Å². The average Bonchev–Trinajstić information content (AvgIpc) is 2.76. The maximum atomic E-state index is 6.40. The fourth-order valence-corrected chi connectivity index (χ4v) is 4.15. The number of benzene rings is 2. The number of morpholine rings is 1. The van der Waals surface area contributed by atoms with Crippen molar-refractivity contribution in [1.82, 2.24) is 9.80 Å². The van der Waals surface area contributed by atoms with Crippen LogP contribution in [0.25, 0.3) is 0 Å². The van der Waals surface area contributed by atoms with E-state index in [-0.39, 0.29) is 0 Å². The number of nitrogens with zero attached hydrogens (tertiary/aromatic N) is 2. The smallest absolute Gasteiger partial charge is 0.173 e. The lowest BCUT2D eigenvalue weighted by atomic mass is 10.0. The molecule has 0 radical (unpaired) electrons. The van der Waals surface area contributed by atoms with Crippen molar-refractivity contribution < 1.29 is 4.74 Å². The van der Waals surface area contributed by atoms with Gasteiger partial charge in [0.05, 0.1) is 23.9 Å². The fourth-order valence-electron chi connectivity index (χ4n) is 3.72. The van der Waals surface area contributed by atoms with E-state index in [1.165, 1.54) is 11.1 Å². The highest BCUT2D eigenvalue weighted by atomic mass is 35.5. The van der Waals surface area contributed by atoms with Gasteiger partial charge in [-0.25, -0.2) is 0 Å². The third kappa shape index (κ3) is 7.46. The molecule has 1 fully saturated rings. The Morgan fingerprint density at radius 2 is 1.87 bits per heavy atom. The maximum Gasteiger partial charge on any atom is 0.173 e. The molecule has 0 aromatic heterocycles. The van der Waals surface area contributed by atoms with Gasteiger partial charge in [-0.05, 0) is 60.3 Å². The Labute approximate surface area is 197 Å². The van der Waals surface area contributed by atoms with Gasteiger partial charge in [0, 0.05) is 32.7 Å². The molecule has 0 bridgehead atoms. The van der Waals surface area contributed by atoms with Gasteiger partial charge >= 0.3 is 0 Å². The predicted octanol–water partition coefficient (Wildman–Crippen LogP) is 5.69. The summed E-state index contributed by atoms with van der Waals surface area (Å²) in [5.41, 5.74) is 4.63. The Kier molecular flexibility index (Phi) is 9.15. The molecule has 0 unspecified atom stereocenters. The van der Waals surface area contributed by atoms with Crippen LogP contribution in [0.15, 0.2) is 42.5 Å². The number of hydrogen-bond donors (Lipinski definition) is 1. The third-order valence-corrected chi connectivity index (χ3v) is 6.37. The molecule has 0 amide bonds. The van der Waals surface area contributed by atoms with E-state index in [4.69, 9.17) is 28.6 Å². The van der Waals surface area contributed by atoms with Crippen LogP contribution in [0.3, 0.4) is 0 Å². The molecule has 6 heteroatoms. The van der Waals surface area contributed by atoms with Gasteiger partial charge in [-0.3, -0.25) is 4.90 Å². The van der Waals surface area contributed by atoms with Crippen LogP contribution in [-0.4, -0.2) is 54.3 Å². The summed E-state index contributed by atoms with van der Waals surface area (Å²) in [4.78, 5) is 4.71. The largest absolute Gasteiger partial charge is 0.379 e. The van der Waals surface area contributed by atoms with E-state index in [0.717, 1.165) is 63.6 Å². The summed E-state index contributed by atoms with van der Waals surface area (Å²) in [6, 6.07) is 14.8. The molecule has 4 nitrogen and oxygen atoms in total. The molecular weight excluding hydrogens is 426 g/mol. The molecule has 2 aromatic rings. The van der Waals surface area contributed by atoms with Crippen LogP contribution in [0, 0.1) is 6.92 Å². The van der Waals surface area contributed by atoms with Crippen molar-refractivity contribution in [1.29, 1.82) is 0 Å². The summed E-state index contributed by atoms with van der Waals surface area (Å²) < 4.78 is 5.46. The first-order valence-electron chi connectivity index (χ1n) is 11.1. The molecule has 31 heavy (non-hydrogen) atoms. The lowest BCUT2D eigenvalue weighted by Crippen LogP contribution is -2.40. The molecule has 0 aliphatic carbocycles. The zero-order chi connectivity index (χ0) is 22.2. The molecule has 1 N–H and O–H groups in total. The van der Waals surface area contributed by atoms with Crippen LogP contribution in [0.4, 0.5) is 5.69 Å². The summed E-state index contributed by atoms with van der Waals surface area (Å²) >= 11 is 12.2. The van der Waals surface area contributed by atoms with Crippen LogP contribution in [-0.2, 0) is 11.3 Å². The minimum absolute atomic E-state index is 0.532. The molecule has 2 aromatic carbocycles. The zero-order valence-electron chi connectivity index (χ0n) is 18.9. The lowest BCUT2D eigenvalue weighted by Gasteiger charge is -2.30. The first kappa shape index (κ1) is 24.0. The van der Waals surface area contributed by atoms with E-state index < -0.39 is 0 Å². The molecule has 168 valence electrons. The van der Waals surface area contributed by atoms with Crippen molar-refractivity contribution in [2.75, 3.05) is 44.7 Å². The first-order chi connectivity index (χ1) is 14.9. The molecule has 0 spiro atoms. The van der Waals surface area contributed by atoms with Crippen LogP contribution in [0.5, 0.6) is 0 Å². The Balaban J connectivity index is 1.67. The number of rotatable bonds is 8. The Morgan fingerprint density at radius 3 is 2.55 bits per heavy atom. The second kappa shape index (κ2) is 11.8. The lowest BCUT2D eigenvalue weighted by molar-refractivity contribution is 0.0368. The topological polar surface area (TPSA) is 27.7 Å². The monoisotopic (exact) mass is 459 g/mol. The van der Waals surface area contributed by atoms with Gasteiger partial charge in [-0.15, -0.1) is 0 Å². The zero-order valence-corrected chi connectivity index (χ0v) is 20.4. The van der Waals surface area contributed by atoms with Crippen molar-refractivity contribution >= 4 is 34.6 Å². The standard InChI is InChI=1S/C25H34ClN3OS/c1-19(2)22-8-6-21(7-9-22)18-29(12-4-11-28-13-15-30-16-14-28)25(31)27-24-17-20(3)5-10-23(24)26/h5-10,17,19H,4,11-16,18H2,1-3H3,(H,27,31). The van der Waals surface area contributed by atoms with Gasteiger partial charge in [0.15, 0.2) is 5.11 Å². The number of anilines is 1. The van der Waals surface area contributed by atoms with Crippen molar-refractivity contribution in [3.8, 4) is 0 Å². The molecule has 3 rings (SSSR count). The van der Waals surface area contributed by atoms with Gasteiger partial charge in [-0.1, -0.05) is 55.8 Å². The van der Waals surface area contributed by atoms with Crippen molar-refractivity contribution in [2.45, 2.75) is 39.7 Å². The van der Waals surface area contributed by atoms with Gasteiger partial charge in [0.2, 0.25) is 0 Å². The number of ether oxygens (including phenoxy) is 1. The number of aryl methyl sites for hydroxylation is 1. The average molecular weight is 460 g/mol. The number of hydrogen-bond acceptors (Lipinski definition) is 3. The molecule has 1 aliphatic heterocycles. The predicted molar refractivity (Wildman–Crippen MR) is 135 cm³/mol. The normalized spacial score (nSPS) is 14.6. The highest BCUT2D eigenvalue weighted by molar-refractivity contribution is 7.80. The number of thiocarbonyl (C=S) groups is 1. The summed E-state index contributed by atoms with van der Waals surface area (Å²) in [5.74, 6) is 0.532. The van der Waals surface area contributed by atoms with Gasteiger partial charge in [0.25, 0.3) is 0 Å². The minimum atomic E-state index is 0.532. The van der Waals surface area contributed by atoms with Crippen molar-refractivity contribution in [3.63, 3.8) is 0 Å². The Morgan fingerprint density at radius 1 is 1.16 bits per heavy atom. The first-order valence-corrected chi connectivity index (χ1v) is 11.9. The minimum Gasteiger partial charge on any atom is -0.379 e. The second-order valence-corrected chi connectivity index (χ2v) is 9.33. The van der Waals surface area contributed by atoms with E-state index in [1.54, 1.807) is 0 Å². The molecule has 0 saturated carbocycles. The fraction of sp³-hybridized carbons (Fsp3) is 0.480. The van der Waals surface area contributed by atoms with Crippen molar-refractivity contribution in [3.05, 3.63) is 64.2 Å². The Bertz CT molecular complexity index is 850. The van der Waals surface area contributed by atoms with Gasteiger partial charge in [0.1, 0.15) is 0 Å². The van der Waals surface area contributed by atoms with Crippen LogP contribution >= 0.6 is 23.8 Å². The maximum absolute atomic E-state index is 6.40. The highest BCUT2D eigenvalue weighted by Crippen LogP contribution is 2.24. The van der Waals surface area contributed by atoms with E-state index in [0.29, 0.717) is 16.1 Å². The van der Waals surface area contributed by atoms with Crippen molar-refractivity contribution in [2.24, 2.45) is 0 Å². The van der Waals surface area contributed by atoms with E-state index in [1.807, 2.05) is 18.2 Å². The molecule has 1 heterocycles. The summed E-state index contributed by atoms with van der Waals surface area (Å²) in [7, 11) is 0. The third-order valence-electron chi connectivity index (χ3n) is 5.68.